The maximum Gasteiger partial charge on any atom is 0.243 e. The average molecular weight is 225 g/mol. The number of rotatable bonds is 2. The van der Waals surface area contributed by atoms with Gasteiger partial charge in [0.2, 0.25) is 10.0 Å². The van der Waals surface area contributed by atoms with Crippen LogP contribution in [-0.2, 0) is 10.0 Å². The third kappa shape index (κ3) is 1.40. The van der Waals surface area contributed by atoms with Crippen LogP contribution in [0.3, 0.4) is 0 Å². The lowest BCUT2D eigenvalue weighted by Crippen LogP contribution is -2.27. The van der Waals surface area contributed by atoms with Crippen molar-refractivity contribution in [2.45, 2.75) is 31.2 Å². The van der Waals surface area contributed by atoms with Gasteiger partial charge in [-0.05, 0) is 18.1 Å². The van der Waals surface area contributed by atoms with Crippen LogP contribution in [0, 0.1) is 0 Å². The third-order valence-corrected chi connectivity index (χ3v) is 4.97. The summed E-state index contributed by atoms with van der Waals surface area (Å²) in [5.74, 6) is 0. The Morgan fingerprint density at radius 1 is 1.27 bits per heavy atom. The predicted octanol–water partition coefficient (Wildman–Crippen LogP) is 2.16. The topological polar surface area (TPSA) is 37.4 Å². The molecule has 1 aromatic carbocycles. The molecule has 1 heterocycles. The van der Waals surface area contributed by atoms with Crippen molar-refractivity contribution in [3.05, 3.63) is 29.8 Å². The van der Waals surface area contributed by atoms with Crippen molar-refractivity contribution < 1.29 is 8.42 Å². The van der Waals surface area contributed by atoms with Gasteiger partial charge in [-0.3, -0.25) is 0 Å². The molecular weight excluding hydrogens is 210 g/mol. The van der Waals surface area contributed by atoms with Gasteiger partial charge in [0.1, 0.15) is 0 Å². The molecule has 0 saturated heterocycles. The fourth-order valence-electron chi connectivity index (χ4n) is 2.25. The van der Waals surface area contributed by atoms with Crippen molar-refractivity contribution >= 4 is 10.0 Å². The van der Waals surface area contributed by atoms with E-state index in [1.54, 1.807) is 16.4 Å². The molecule has 0 fully saturated rings. The van der Waals surface area contributed by atoms with Crippen molar-refractivity contribution in [1.29, 1.82) is 0 Å². The zero-order valence-corrected chi connectivity index (χ0v) is 9.79. The molecule has 1 atom stereocenters. The number of hydrogen-bond acceptors (Lipinski definition) is 2. The van der Waals surface area contributed by atoms with Gasteiger partial charge in [-0.2, -0.15) is 4.31 Å². The van der Waals surface area contributed by atoms with Gasteiger partial charge in [0, 0.05) is 6.54 Å². The van der Waals surface area contributed by atoms with Crippen LogP contribution in [0.2, 0.25) is 0 Å². The van der Waals surface area contributed by atoms with E-state index in [1.165, 1.54) is 0 Å². The molecule has 0 radical (unpaired) electrons. The van der Waals surface area contributed by atoms with E-state index in [2.05, 4.69) is 0 Å². The minimum absolute atomic E-state index is 0.0243. The summed E-state index contributed by atoms with van der Waals surface area (Å²) in [7, 11) is -3.22. The highest BCUT2D eigenvalue weighted by molar-refractivity contribution is 7.89. The first kappa shape index (κ1) is 10.6. The molecule has 0 bridgehead atoms. The maximum atomic E-state index is 12.1. The molecule has 0 aromatic heterocycles. The smallest absolute Gasteiger partial charge is 0.207 e. The quantitative estimate of drug-likeness (QED) is 0.773. The lowest BCUT2D eigenvalue weighted by molar-refractivity contribution is 0.347. The highest BCUT2D eigenvalue weighted by Gasteiger charge is 2.40. The summed E-state index contributed by atoms with van der Waals surface area (Å²) in [6, 6.07) is 7.31. The standard InChI is InChI=1S/C11H15NO2S/c1-3-10-9-7-5-6-8-11(9)15(13,14)12(10)4-2/h5-8,10H,3-4H2,1-2H3. The Hall–Kier alpha value is -0.870. The van der Waals surface area contributed by atoms with Crippen LogP contribution in [0.25, 0.3) is 0 Å². The van der Waals surface area contributed by atoms with E-state index in [9.17, 15) is 8.42 Å². The van der Waals surface area contributed by atoms with Gasteiger partial charge >= 0.3 is 0 Å². The van der Waals surface area contributed by atoms with Crippen LogP contribution in [-0.4, -0.2) is 19.3 Å². The van der Waals surface area contributed by atoms with Crippen molar-refractivity contribution in [1.82, 2.24) is 4.31 Å². The molecule has 1 aliphatic heterocycles. The molecular formula is C11H15NO2S. The molecule has 0 aliphatic carbocycles. The van der Waals surface area contributed by atoms with Crippen LogP contribution >= 0.6 is 0 Å². The zero-order valence-electron chi connectivity index (χ0n) is 8.97. The Bertz CT molecular complexity index is 467. The van der Waals surface area contributed by atoms with Crippen molar-refractivity contribution in [2.24, 2.45) is 0 Å². The largest absolute Gasteiger partial charge is 0.243 e. The van der Waals surface area contributed by atoms with E-state index in [0.29, 0.717) is 11.4 Å². The molecule has 15 heavy (non-hydrogen) atoms. The summed E-state index contributed by atoms with van der Waals surface area (Å²) in [6.45, 7) is 4.44. The Kier molecular flexibility index (Phi) is 2.56. The molecule has 4 heteroatoms. The predicted molar refractivity (Wildman–Crippen MR) is 59.0 cm³/mol. The van der Waals surface area contributed by atoms with E-state index in [1.807, 2.05) is 26.0 Å². The van der Waals surface area contributed by atoms with Gasteiger partial charge in [-0.15, -0.1) is 0 Å². The average Bonchev–Trinajstić information content (AvgIpc) is 2.46. The maximum absolute atomic E-state index is 12.1. The number of fused-ring (bicyclic) bond motifs is 1. The molecule has 2 rings (SSSR count). The van der Waals surface area contributed by atoms with Crippen LogP contribution < -0.4 is 0 Å². The zero-order chi connectivity index (χ0) is 11.1. The summed E-state index contributed by atoms with van der Waals surface area (Å²) in [5.41, 5.74) is 0.946. The number of hydrogen-bond donors (Lipinski definition) is 0. The summed E-state index contributed by atoms with van der Waals surface area (Å²) >= 11 is 0. The van der Waals surface area contributed by atoms with Gasteiger partial charge in [0.25, 0.3) is 0 Å². The molecule has 1 aromatic rings. The molecule has 3 nitrogen and oxygen atoms in total. The van der Waals surface area contributed by atoms with Crippen LogP contribution in [0.4, 0.5) is 0 Å². The Balaban J connectivity index is 2.65. The molecule has 0 spiro atoms. The minimum atomic E-state index is -3.22. The second kappa shape index (κ2) is 3.61. The Morgan fingerprint density at radius 3 is 2.53 bits per heavy atom. The van der Waals surface area contributed by atoms with E-state index in [-0.39, 0.29) is 6.04 Å². The van der Waals surface area contributed by atoms with Crippen LogP contribution in [0.15, 0.2) is 29.2 Å². The molecule has 0 saturated carbocycles. The first-order valence-electron chi connectivity index (χ1n) is 5.23. The summed E-state index contributed by atoms with van der Waals surface area (Å²) in [4.78, 5) is 0.485. The highest BCUT2D eigenvalue weighted by Crippen LogP contribution is 2.40. The third-order valence-electron chi connectivity index (χ3n) is 2.91. The van der Waals surface area contributed by atoms with Crippen molar-refractivity contribution in [3.8, 4) is 0 Å². The molecule has 1 unspecified atom stereocenters. The van der Waals surface area contributed by atoms with Crippen LogP contribution in [0.1, 0.15) is 31.9 Å². The normalized spacial score (nSPS) is 24.0. The molecule has 82 valence electrons. The van der Waals surface area contributed by atoms with E-state index >= 15 is 0 Å². The second-order valence-electron chi connectivity index (χ2n) is 3.67. The van der Waals surface area contributed by atoms with Crippen LogP contribution in [0.5, 0.6) is 0 Å². The number of benzene rings is 1. The summed E-state index contributed by atoms with van der Waals surface area (Å²) < 4.78 is 25.8. The summed E-state index contributed by atoms with van der Waals surface area (Å²) in [5, 5.41) is 0. The Labute approximate surface area is 90.8 Å². The number of sulfonamides is 1. The fourth-order valence-corrected chi connectivity index (χ4v) is 4.20. The lowest BCUT2D eigenvalue weighted by atomic mass is 10.1. The number of nitrogens with zero attached hydrogens (tertiary/aromatic N) is 1. The first-order chi connectivity index (χ1) is 7.12. The van der Waals surface area contributed by atoms with Crippen molar-refractivity contribution in [3.63, 3.8) is 0 Å². The van der Waals surface area contributed by atoms with Crippen molar-refractivity contribution in [2.75, 3.05) is 6.54 Å². The Morgan fingerprint density at radius 2 is 1.93 bits per heavy atom. The molecule has 0 N–H and O–H groups in total. The van der Waals surface area contributed by atoms with E-state index < -0.39 is 10.0 Å². The van der Waals surface area contributed by atoms with Gasteiger partial charge in [0.05, 0.1) is 10.9 Å². The minimum Gasteiger partial charge on any atom is -0.207 e. The lowest BCUT2D eigenvalue weighted by Gasteiger charge is -2.20. The summed E-state index contributed by atoms with van der Waals surface area (Å²) in [6.07, 6.45) is 0.823. The first-order valence-corrected chi connectivity index (χ1v) is 6.67. The van der Waals surface area contributed by atoms with Gasteiger partial charge in [-0.1, -0.05) is 32.0 Å². The van der Waals surface area contributed by atoms with E-state index in [4.69, 9.17) is 0 Å². The fraction of sp³-hybridized carbons (Fsp3) is 0.455. The van der Waals surface area contributed by atoms with Gasteiger partial charge in [0.15, 0.2) is 0 Å². The highest BCUT2D eigenvalue weighted by atomic mass is 32.2. The monoisotopic (exact) mass is 225 g/mol. The molecule has 0 amide bonds. The molecule has 1 aliphatic rings. The van der Waals surface area contributed by atoms with Gasteiger partial charge in [-0.25, -0.2) is 8.42 Å². The van der Waals surface area contributed by atoms with Gasteiger partial charge < -0.3 is 0 Å². The SMILES string of the molecule is CCC1c2ccccc2S(=O)(=O)N1CC. The second-order valence-corrected chi connectivity index (χ2v) is 5.53. The van der Waals surface area contributed by atoms with E-state index in [0.717, 1.165) is 12.0 Å².